The highest BCUT2D eigenvalue weighted by Crippen LogP contribution is 2.19. The van der Waals surface area contributed by atoms with Gasteiger partial charge >= 0.3 is 5.97 Å². The number of aromatic nitrogens is 2. The summed E-state index contributed by atoms with van der Waals surface area (Å²) in [6, 6.07) is 7.56. The van der Waals surface area contributed by atoms with Gasteiger partial charge in [0.1, 0.15) is 5.56 Å². The summed E-state index contributed by atoms with van der Waals surface area (Å²) < 4.78 is 6.84. The summed E-state index contributed by atoms with van der Waals surface area (Å²) in [6.45, 7) is 3.97. The van der Waals surface area contributed by atoms with Crippen molar-refractivity contribution in [3.63, 3.8) is 0 Å². The Labute approximate surface area is 123 Å². The molecule has 0 aliphatic heterocycles. The van der Waals surface area contributed by atoms with E-state index in [1.807, 2.05) is 38.2 Å². The average Bonchev–Trinajstić information content (AvgIpc) is 2.67. The van der Waals surface area contributed by atoms with Gasteiger partial charge in [0.25, 0.3) is 0 Å². The van der Waals surface area contributed by atoms with Crippen molar-refractivity contribution >= 4 is 17.6 Å². The molecule has 0 unspecified atom stereocenters. The number of aryl methyl sites for hydroxylation is 2. The van der Waals surface area contributed by atoms with Gasteiger partial charge in [0.05, 0.1) is 18.0 Å². The maximum atomic E-state index is 12.0. The molecule has 0 spiro atoms. The second kappa shape index (κ2) is 6.09. The summed E-state index contributed by atoms with van der Waals surface area (Å²) in [4.78, 5) is 12.0. The molecule has 0 aliphatic rings. The molecule has 20 heavy (non-hydrogen) atoms. The first kappa shape index (κ1) is 14.6. The molecule has 0 atom stereocenters. The molecule has 0 N–H and O–H groups in total. The van der Waals surface area contributed by atoms with Crippen molar-refractivity contribution in [3.8, 4) is 0 Å². The van der Waals surface area contributed by atoms with E-state index in [9.17, 15) is 4.79 Å². The van der Waals surface area contributed by atoms with E-state index in [-0.39, 0.29) is 5.97 Å². The second-order valence-corrected chi connectivity index (χ2v) is 4.99. The predicted octanol–water partition coefficient (Wildman–Crippen LogP) is 3.15. The summed E-state index contributed by atoms with van der Waals surface area (Å²) in [6.07, 6.45) is 0.614. The van der Waals surface area contributed by atoms with Gasteiger partial charge < -0.3 is 4.74 Å². The SMILES string of the molecule is CCOC(=O)c1c(C)nn(C)c1Cc1ccc(Cl)cc1. The van der Waals surface area contributed by atoms with Crippen LogP contribution >= 0.6 is 11.6 Å². The van der Waals surface area contributed by atoms with E-state index in [4.69, 9.17) is 16.3 Å². The Bertz CT molecular complexity index is 618. The number of benzene rings is 1. The highest BCUT2D eigenvalue weighted by Gasteiger charge is 2.21. The molecule has 2 aromatic rings. The van der Waals surface area contributed by atoms with Crippen molar-refractivity contribution in [1.29, 1.82) is 0 Å². The number of hydrogen-bond acceptors (Lipinski definition) is 3. The van der Waals surface area contributed by atoms with Crippen molar-refractivity contribution in [1.82, 2.24) is 9.78 Å². The quantitative estimate of drug-likeness (QED) is 0.813. The molecule has 106 valence electrons. The van der Waals surface area contributed by atoms with Gasteiger partial charge in [-0.1, -0.05) is 23.7 Å². The highest BCUT2D eigenvalue weighted by atomic mass is 35.5. The first-order valence-electron chi connectivity index (χ1n) is 6.47. The Hall–Kier alpha value is -1.81. The number of halogens is 1. The highest BCUT2D eigenvalue weighted by molar-refractivity contribution is 6.30. The number of carbonyl (C=O) groups excluding carboxylic acids is 1. The second-order valence-electron chi connectivity index (χ2n) is 4.55. The first-order valence-corrected chi connectivity index (χ1v) is 6.84. The monoisotopic (exact) mass is 292 g/mol. The van der Waals surface area contributed by atoms with E-state index in [1.165, 1.54) is 0 Å². The number of rotatable bonds is 4. The molecule has 2 rings (SSSR count). The van der Waals surface area contributed by atoms with Gasteiger partial charge in [0.15, 0.2) is 0 Å². The van der Waals surface area contributed by atoms with E-state index >= 15 is 0 Å². The fraction of sp³-hybridized carbons (Fsp3) is 0.333. The minimum Gasteiger partial charge on any atom is -0.462 e. The molecule has 5 heteroatoms. The molecule has 4 nitrogen and oxygen atoms in total. The van der Waals surface area contributed by atoms with Crippen LogP contribution in [0.15, 0.2) is 24.3 Å². The number of ether oxygens (including phenoxy) is 1. The number of nitrogens with zero attached hydrogens (tertiary/aromatic N) is 2. The van der Waals surface area contributed by atoms with Gasteiger partial charge in [-0.15, -0.1) is 0 Å². The van der Waals surface area contributed by atoms with Crippen LogP contribution in [0.3, 0.4) is 0 Å². The molecule has 0 fully saturated rings. The van der Waals surface area contributed by atoms with Crippen molar-refractivity contribution in [2.45, 2.75) is 20.3 Å². The topological polar surface area (TPSA) is 44.1 Å². The molecule has 1 aromatic heterocycles. The van der Waals surface area contributed by atoms with Crippen molar-refractivity contribution in [2.75, 3.05) is 6.61 Å². The van der Waals surface area contributed by atoms with Crippen molar-refractivity contribution < 1.29 is 9.53 Å². The Morgan fingerprint density at radius 1 is 1.35 bits per heavy atom. The van der Waals surface area contributed by atoms with Crippen LogP contribution in [0.25, 0.3) is 0 Å². The zero-order valence-corrected chi connectivity index (χ0v) is 12.6. The average molecular weight is 293 g/mol. The smallest absolute Gasteiger partial charge is 0.341 e. The molecule has 0 saturated carbocycles. The summed E-state index contributed by atoms with van der Waals surface area (Å²) >= 11 is 5.88. The van der Waals surface area contributed by atoms with Crippen LogP contribution < -0.4 is 0 Å². The van der Waals surface area contributed by atoms with E-state index in [0.717, 1.165) is 11.3 Å². The van der Waals surface area contributed by atoms with Gasteiger partial charge in [-0.25, -0.2) is 4.79 Å². The van der Waals surface area contributed by atoms with Gasteiger partial charge in [-0.05, 0) is 31.5 Å². The molecular formula is C15H17ClN2O2. The lowest BCUT2D eigenvalue weighted by molar-refractivity contribution is 0.0524. The Balaban J connectivity index is 2.35. The van der Waals surface area contributed by atoms with Crippen molar-refractivity contribution in [3.05, 3.63) is 51.8 Å². The third-order valence-corrected chi connectivity index (χ3v) is 3.36. The number of esters is 1. The van der Waals surface area contributed by atoms with Gasteiger partial charge in [0.2, 0.25) is 0 Å². The summed E-state index contributed by atoms with van der Waals surface area (Å²) in [5.74, 6) is -0.318. The fourth-order valence-electron chi connectivity index (χ4n) is 2.17. The van der Waals surface area contributed by atoms with E-state index in [0.29, 0.717) is 29.3 Å². The minimum atomic E-state index is -0.318. The van der Waals surface area contributed by atoms with E-state index in [2.05, 4.69) is 5.10 Å². The zero-order valence-electron chi connectivity index (χ0n) is 11.8. The lowest BCUT2D eigenvalue weighted by atomic mass is 10.1. The number of carbonyl (C=O) groups is 1. The summed E-state index contributed by atoms with van der Waals surface area (Å²) in [5, 5.41) is 5.01. The van der Waals surface area contributed by atoms with Crippen molar-refractivity contribution in [2.24, 2.45) is 7.05 Å². The standard InChI is InChI=1S/C15H17ClN2O2/c1-4-20-15(19)14-10(2)17-18(3)13(14)9-11-5-7-12(16)8-6-11/h5-8H,4,9H2,1-3H3. The molecule has 1 heterocycles. The molecule has 1 aromatic carbocycles. The predicted molar refractivity (Wildman–Crippen MR) is 78.2 cm³/mol. The Kier molecular flexibility index (Phi) is 4.45. The van der Waals surface area contributed by atoms with Crippen LogP contribution in [0.5, 0.6) is 0 Å². The summed E-state index contributed by atoms with van der Waals surface area (Å²) in [7, 11) is 1.83. The maximum Gasteiger partial charge on any atom is 0.341 e. The molecule has 0 aliphatic carbocycles. The third kappa shape index (κ3) is 3.02. The lowest BCUT2D eigenvalue weighted by Gasteiger charge is -2.07. The molecular weight excluding hydrogens is 276 g/mol. The van der Waals surface area contributed by atoms with Crippen LogP contribution in [0, 0.1) is 6.92 Å². The van der Waals surface area contributed by atoms with Gasteiger partial charge in [-0.3, -0.25) is 4.68 Å². The van der Waals surface area contributed by atoms with Crippen LogP contribution in [0.2, 0.25) is 5.02 Å². The Morgan fingerprint density at radius 2 is 2.00 bits per heavy atom. The van der Waals surface area contributed by atoms with E-state index in [1.54, 1.807) is 11.6 Å². The van der Waals surface area contributed by atoms with Crippen LogP contribution in [-0.2, 0) is 18.2 Å². The molecule has 0 bridgehead atoms. The van der Waals surface area contributed by atoms with Gasteiger partial charge in [0, 0.05) is 18.5 Å². The number of hydrogen-bond donors (Lipinski definition) is 0. The minimum absolute atomic E-state index is 0.318. The molecule has 0 radical (unpaired) electrons. The normalized spacial score (nSPS) is 10.6. The largest absolute Gasteiger partial charge is 0.462 e. The lowest BCUT2D eigenvalue weighted by Crippen LogP contribution is -2.10. The summed E-state index contributed by atoms with van der Waals surface area (Å²) in [5.41, 5.74) is 3.17. The fourth-order valence-corrected chi connectivity index (χ4v) is 2.30. The van der Waals surface area contributed by atoms with Crippen LogP contribution in [-0.4, -0.2) is 22.4 Å². The van der Waals surface area contributed by atoms with Crippen LogP contribution in [0.1, 0.15) is 34.2 Å². The zero-order chi connectivity index (χ0) is 14.7. The molecule has 0 amide bonds. The third-order valence-electron chi connectivity index (χ3n) is 3.11. The first-order chi connectivity index (χ1) is 9.52. The maximum absolute atomic E-state index is 12.0. The Morgan fingerprint density at radius 3 is 2.60 bits per heavy atom. The molecule has 0 saturated heterocycles. The van der Waals surface area contributed by atoms with Gasteiger partial charge in [-0.2, -0.15) is 5.10 Å². The van der Waals surface area contributed by atoms with E-state index < -0.39 is 0 Å². The van der Waals surface area contributed by atoms with Crippen LogP contribution in [0.4, 0.5) is 0 Å².